The van der Waals surface area contributed by atoms with Crippen molar-refractivity contribution in [3.05, 3.63) is 84.9 Å². The van der Waals surface area contributed by atoms with Crippen LogP contribution in [0.25, 0.3) is 28.0 Å². The van der Waals surface area contributed by atoms with E-state index in [1.807, 2.05) is 53.1 Å². The Labute approximate surface area is 171 Å². The molecule has 29 heavy (non-hydrogen) atoms. The van der Waals surface area contributed by atoms with Gasteiger partial charge >= 0.3 is 0 Å². The van der Waals surface area contributed by atoms with Gasteiger partial charge in [0, 0.05) is 29.0 Å². The molecule has 7 heteroatoms. The molecule has 0 radical (unpaired) electrons. The molecule has 6 nitrogen and oxygen atoms in total. The minimum atomic E-state index is 0.733. The third-order valence-corrected chi connectivity index (χ3v) is 5.48. The Morgan fingerprint density at radius 3 is 2.62 bits per heavy atom. The van der Waals surface area contributed by atoms with Gasteiger partial charge in [0.2, 0.25) is 5.16 Å². The van der Waals surface area contributed by atoms with Crippen LogP contribution in [0.3, 0.4) is 0 Å². The van der Waals surface area contributed by atoms with Gasteiger partial charge in [0.15, 0.2) is 5.82 Å². The summed E-state index contributed by atoms with van der Waals surface area (Å²) < 4.78 is 2.03. The second-order valence-electron chi connectivity index (χ2n) is 6.52. The van der Waals surface area contributed by atoms with Crippen LogP contribution in [0.4, 0.5) is 0 Å². The summed E-state index contributed by atoms with van der Waals surface area (Å²) in [5.74, 6) is 0.737. The standard InChI is InChI=1S/C22H16N6S/c1-15-9-10-19-18(12-15)21(25-14-24-19)29-22-27-26-20(16-6-5-11-23-13-16)28(22)17-7-3-2-4-8-17/h2-14H,1H3. The highest BCUT2D eigenvalue weighted by molar-refractivity contribution is 7.99. The predicted molar refractivity (Wildman–Crippen MR) is 113 cm³/mol. The van der Waals surface area contributed by atoms with Crippen molar-refractivity contribution >= 4 is 22.7 Å². The highest BCUT2D eigenvalue weighted by Gasteiger charge is 2.18. The summed E-state index contributed by atoms with van der Waals surface area (Å²) in [7, 11) is 0. The van der Waals surface area contributed by atoms with Gasteiger partial charge < -0.3 is 0 Å². The number of nitrogens with zero attached hydrogens (tertiary/aromatic N) is 6. The molecular weight excluding hydrogens is 380 g/mol. The van der Waals surface area contributed by atoms with Crippen LogP contribution >= 0.6 is 11.8 Å². The van der Waals surface area contributed by atoms with Crippen molar-refractivity contribution in [2.24, 2.45) is 0 Å². The summed E-state index contributed by atoms with van der Waals surface area (Å²) >= 11 is 1.48. The van der Waals surface area contributed by atoms with Gasteiger partial charge in [-0.3, -0.25) is 9.55 Å². The number of hydrogen-bond donors (Lipinski definition) is 0. The fourth-order valence-corrected chi connectivity index (χ4v) is 4.05. The molecule has 0 saturated heterocycles. The first-order valence-corrected chi connectivity index (χ1v) is 9.92. The molecule has 0 unspecified atom stereocenters. The average molecular weight is 396 g/mol. The molecule has 0 amide bonds. The van der Waals surface area contributed by atoms with Crippen LogP contribution in [0, 0.1) is 6.92 Å². The molecule has 0 bridgehead atoms. The molecule has 0 aliphatic heterocycles. The van der Waals surface area contributed by atoms with E-state index < -0.39 is 0 Å². The summed E-state index contributed by atoms with van der Waals surface area (Å²) in [6.07, 6.45) is 5.13. The lowest BCUT2D eigenvalue weighted by Gasteiger charge is -2.10. The van der Waals surface area contributed by atoms with Crippen LogP contribution in [0.1, 0.15) is 5.56 Å². The Bertz CT molecular complexity index is 1280. The molecule has 0 fully saturated rings. The van der Waals surface area contributed by atoms with Crippen LogP contribution in [0.2, 0.25) is 0 Å². The smallest absolute Gasteiger partial charge is 0.202 e. The van der Waals surface area contributed by atoms with Crippen LogP contribution in [0.15, 0.2) is 89.6 Å². The number of aryl methyl sites for hydroxylation is 1. The highest BCUT2D eigenvalue weighted by atomic mass is 32.2. The second kappa shape index (κ2) is 7.44. The van der Waals surface area contributed by atoms with Crippen molar-refractivity contribution in [2.45, 2.75) is 17.1 Å². The third kappa shape index (κ3) is 3.36. The summed E-state index contributed by atoms with van der Waals surface area (Å²) in [5, 5.41) is 11.5. The minimum Gasteiger partial charge on any atom is -0.270 e. The number of benzene rings is 2. The average Bonchev–Trinajstić information content (AvgIpc) is 3.19. The fraction of sp³-hybridized carbons (Fsp3) is 0.0455. The Kier molecular flexibility index (Phi) is 4.50. The molecule has 0 atom stereocenters. The first-order chi connectivity index (χ1) is 14.3. The molecule has 0 aliphatic rings. The Balaban J connectivity index is 1.67. The topological polar surface area (TPSA) is 69.4 Å². The zero-order valence-corrected chi connectivity index (χ0v) is 16.4. The van der Waals surface area contributed by atoms with E-state index in [0.717, 1.165) is 43.7 Å². The predicted octanol–water partition coefficient (Wildman–Crippen LogP) is 4.73. The number of para-hydroxylation sites is 1. The van der Waals surface area contributed by atoms with Crippen molar-refractivity contribution in [1.29, 1.82) is 0 Å². The number of fused-ring (bicyclic) bond motifs is 1. The number of aromatic nitrogens is 6. The van der Waals surface area contributed by atoms with E-state index in [9.17, 15) is 0 Å². The van der Waals surface area contributed by atoms with Crippen molar-refractivity contribution in [3.8, 4) is 17.1 Å². The third-order valence-electron chi connectivity index (χ3n) is 4.51. The van der Waals surface area contributed by atoms with Crippen molar-refractivity contribution in [2.75, 3.05) is 0 Å². The van der Waals surface area contributed by atoms with Crippen LogP contribution in [-0.4, -0.2) is 29.7 Å². The van der Waals surface area contributed by atoms with Gasteiger partial charge in [-0.25, -0.2) is 9.97 Å². The van der Waals surface area contributed by atoms with Crippen LogP contribution < -0.4 is 0 Å². The molecule has 0 saturated carbocycles. The lowest BCUT2D eigenvalue weighted by molar-refractivity contribution is 0.883. The summed E-state index contributed by atoms with van der Waals surface area (Å²) in [5.41, 5.74) is 3.95. The molecule has 3 heterocycles. The molecule has 0 N–H and O–H groups in total. The molecule has 5 rings (SSSR count). The summed E-state index contributed by atoms with van der Waals surface area (Å²) in [6, 6.07) is 20.1. The van der Waals surface area contributed by atoms with E-state index in [0.29, 0.717) is 0 Å². The fourth-order valence-electron chi connectivity index (χ4n) is 3.14. The summed E-state index contributed by atoms with van der Waals surface area (Å²) in [6.45, 7) is 2.06. The van der Waals surface area contributed by atoms with E-state index in [-0.39, 0.29) is 0 Å². The molecule has 0 aliphatic carbocycles. The van der Waals surface area contributed by atoms with E-state index in [1.165, 1.54) is 11.8 Å². The van der Waals surface area contributed by atoms with E-state index >= 15 is 0 Å². The first kappa shape index (κ1) is 17.5. The van der Waals surface area contributed by atoms with E-state index in [2.05, 4.69) is 44.2 Å². The lowest BCUT2D eigenvalue weighted by Crippen LogP contribution is -2.00. The maximum atomic E-state index is 4.52. The van der Waals surface area contributed by atoms with Gasteiger partial charge in [-0.15, -0.1) is 10.2 Å². The Hall–Kier alpha value is -3.58. The van der Waals surface area contributed by atoms with Gasteiger partial charge in [-0.1, -0.05) is 29.8 Å². The van der Waals surface area contributed by atoms with Gasteiger partial charge in [-0.05, 0) is 55.1 Å². The van der Waals surface area contributed by atoms with Gasteiger partial charge in [0.05, 0.1) is 5.52 Å². The van der Waals surface area contributed by atoms with Crippen molar-refractivity contribution in [1.82, 2.24) is 29.7 Å². The monoisotopic (exact) mass is 396 g/mol. The second-order valence-corrected chi connectivity index (χ2v) is 7.48. The lowest BCUT2D eigenvalue weighted by atomic mass is 10.2. The minimum absolute atomic E-state index is 0.733. The zero-order chi connectivity index (χ0) is 19.6. The normalized spacial score (nSPS) is 11.1. The van der Waals surface area contributed by atoms with Crippen molar-refractivity contribution in [3.63, 3.8) is 0 Å². The van der Waals surface area contributed by atoms with Crippen LogP contribution in [-0.2, 0) is 0 Å². The SMILES string of the molecule is Cc1ccc2ncnc(Sc3nnc(-c4cccnc4)n3-c3ccccc3)c2c1. The van der Waals surface area contributed by atoms with Gasteiger partial charge in [0.25, 0.3) is 0 Å². The number of hydrogen-bond acceptors (Lipinski definition) is 6. The zero-order valence-electron chi connectivity index (χ0n) is 15.6. The number of pyridine rings is 1. The number of rotatable bonds is 4. The Morgan fingerprint density at radius 2 is 1.79 bits per heavy atom. The molecule has 2 aromatic carbocycles. The van der Waals surface area contributed by atoms with Crippen molar-refractivity contribution < 1.29 is 0 Å². The molecule has 3 aromatic heterocycles. The molecule has 0 spiro atoms. The first-order valence-electron chi connectivity index (χ1n) is 9.10. The van der Waals surface area contributed by atoms with E-state index in [1.54, 1.807) is 18.7 Å². The van der Waals surface area contributed by atoms with Gasteiger partial charge in [0.1, 0.15) is 11.4 Å². The molecule has 5 aromatic rings. The Morgan fingerprint density at radius 1 is 0.897 bits per heavy atom. The maximum Gasteiger partial charge on any atom is 0.202 e. The highest BCUT2D eigenvalue weighted by Crippen LogP contribution is 2.34. The van der Waals surface area contributed by atoms with E-state index in [4.69, 9.17) is 0 Å². The molecular formula is C22H16N6S. The summed E-state index contributed by atoms with van der Waals surface area (Å²) in [4.78, 5) is 13.1. The van der Waals surface area contributed by atoms with Crippen LogP contribution in [0.5, 0.6) is 0 Å². The van der Waals surface area contributed by atoms with Gasteiger partial charge in [-0.2, -0.15) is 0 Å². The molecule has 140 valence electrons. The maximum absolute atomic E-state index is 4.52. The largest absolute Gasteiger partial charge is 0.270 e. The quantitative estimate of drug-likeness (QED) is 0.409.